The van der Waals surface area contributed by atoms with Crippen LogP contribution in [0.2, 0.25) is 0 Å². The normalized spacial score (nSPS) is 10.6. The van der Waals surface area contributed by atoms with E-state index in [0.29, 0.717) is 28.8 Å². The molecule has 0 radical (unpaired) electrons. The summed E-state index contributed by atoms with van der Waals surface area (Å²) in [6.07, 6.45) is 2.06. The minimum atomic E-state index is -0.194. The second-order valence-electron chi connectivity index (χ2n) is 7.45. The summed E-state index contributed by atoms with van der Waals surface area (Å²) in [7, 11) is 1.62. The van der Waals surface area contributed by atoms with E-state index in [1.807, 2.05) is 55.5 Å². The van der Waals surface area contributed by atoms with Crippen molar-refractivity contribution >= 4 is 28.3 Å². The van der Waals surface area contributed by atoms with Gasteiger partial charge in [0.25, 0.3) is 5.91 Å². The van der Waals surface area contributed by atoms with Gasteiger partial charge in [-0.15, -0.1) is 10.2 Å². The third-order valence-corrected chi connectivity index (χ3v) is 5.87. The Morgan fingerprint density at radius 1 is 1.03 bits per heavy atom. The summed E-state index contributed by atoms with van der Waals surface area (Å²) in [5, 5.41) is 12.2. The molecule has 1 N–H and O–H groups in total. The van der Waals surface area contributed by atoms with E-state index in [4.69, 9.17) is 4.74 Å². The number of aromatic nitrogens is 2. The maximum atomic E-state index is 12.9. The lowest BCUT2D eigenvalue weighted by Gasteiger charge is -2.22. The summed E-state index contributed by atoms with van der Waals surface area (Å²) in [6.45, 7) is 5.04. The van der Waals surface area contributed by atoms with Crippen molar-refractivity contribution in [1.82, 2.24) is 15.1 Å². The molecule has 32 heavy (non-hydrogen) atoms. The van der Waals surface area contributed by atoms with Crippen molar-refractivity contribution < 1.29 is 14.3 Å². The number of aryl methyl sites for hydroxylation is 1. The molecule has 2 aromatic carbocycles. The van der Waals surface area contributed by atoms with Gasteiger partial charge in [0.05, 0.1) is 7.11 Å². The molecule has 0 spiro atoms. The fourth-order valence-corrected chi connectivity index (χ4v) is 3.85. The summed E-state index contributed by atoms with van der Waals surface area (Å²) in [4.78, 5) is 27.1. The number of hydrogen-bond donors (Lipinski definition) is 1. The zero-order chi connectivity index (χ0) is 22.9. The van der Waals surface area contributed by atoms with Gasteiger partial charge >= 0.3 is 0 Å². The fraction of sp³-hybridized carbons (Fsp3) is 0.333. The van der Waals surface area contributed by atoms with Gasteiger partial charge in [0, 0.05) is 30.6 Å². The summed E-state index contributed by atoms with van der Waals surface area (Å²) >= 11 is 1.30. The van der Waals surface area contributed by atoms with Crippen LogP contribution in [0.4, 0.5) is 5.13 Å². The van der Waals surface area contributed by atoms with Crippen LogP contribution >= 0.6 is 11.3 Å². The van der Waals surface area contributed by atoms with E-state index in [2.05, 4.69) is 22.4 Å². The highest BCUT2D eigenvalue weighted by Crippen LogP contribution is 2.27. The summed E-state index contributed by atoms with van der Waals surface area (Å²) in [5.41, 5.74) is 2.64. The molecule has 3 aromatic rings. The highest BCUT2D eigenvalue weighted by Gasteiger charge is 2.17. The average Bonchev–Trinajstić information content (AvgIpc) is 3.27. The van der Waals surface area contributed by atoms with Gasteiger partial charge in [0.2, 0.25) is 11.0 Å². The number of ether oxygens (including phenoxy) is 1. The minimum Gasteiger partial charge on any atom is -0.497 e. The molecule has 0 unspecified atom stereocenters. The Kier molecular flexibility index (Phi) is 8.33. The lowest BCUT2D eigenvalue weighted by atomic mass is 10.1. The quantitative estimate of drug-likeness (QED) is 0.478. The van der Waals surface area contributed by atoms with E-state index in [1.54, 1.807) is 12.0 Å². The topological polar surface area (TPSA) is 84.4 Å². The maximum absolute atomic E-state index is 12.9. The molecule has 0 atom stereocenters. The molecule has 0 saturated heterocycles. The van der Waals surface area contributed by atoms with E-state index in [9.17, 15) is 9.59 Å². The number of carbonyl (C=O) groups excluding carboxylic acids is 2. The van der Waals surface area contributed by atoms with Crippen molar-refractivity contribution in [2.24, 2.45) is 0 Å². The molecule has 8 heteroatoms. The molecule has 3 rings (SSSR count). The van der Waals surface area contributed by atoms with Crippen LogP contribution < -0.4 is 10.1 Å². The number of nitrogens with one attached hydrogen (secondary N) is 1. The van der Waals surface area contributed by atoms with Gasteiger partial charge in [-0.05, 0) is 49.7 Å². The standard InChI is InChI=1S/C24H28N4O3S/c1-4-5-15-28(23(30)19-8-6-17(2)7-9-19)16-14-21(29)25-24-27-26-22(32-24)18-10-12-20(31-3)13-11-18/h6-13H,4-5,14-16H2,1-3H3,(H,25,27,29). The van der Waals surface area contributed by atoms with Crippen molar-refractivity contribution in [3.63, 3.8) is 0 Å². The van der Waals surface area contributed by atoms with Crippen molar-refractivity contribution in [2.45, 2.75) is 33.1 Å². The second kappa shape index (κ2) is 11.4. The van der Waals surface area contributed by atoms with E-state index >= 15 is 0 Å². The molecule has 1 aromatic heterocycles. The molecule has 168 valence electrons. The number of anilines is 1. The number of hydrogen-bond acceptors (Lipinski definition) is 6. The minimum absolute atomic E-state index is 0.0519. The molecule has 0 aliphatic carbocycles. The van der Waals surface area contributed by atoms with Crippen LogP contribution in [-0.4, -0.2) is 47.1 Å². The van der Waals surface area contributed by atoms with Crippen molar-refractivity contribution in [2.75, 3.05) is 25.5 Å². The zero-order valence-corrected chi connectivity index (χ0v) is 19.4. The predicted molar refractivity (Wildman–Crippen MR) is 127 cm³/mol. The van der Waals surface area contributed by atoms with Gasteiger partial charge in [-0.3, -0.25) is 9.59 Å². The van der Waals surface area contributed by atoms with Gasteiger partial charge in [0.15, 0.2) is 0 Å². The van der Waals surface area contributed by atoms with E-state index in [1.165, 1.54) is 11.3 Å². The number of methoxy groups -OCH3 is 1. The van der Waals surface area contributed by atoms with Crippen molar-refractivity contribution in [1.29, 1.82) is 0 Å². The number of amides is 2. The van der Waals surface area contributed by atoms with Gasteiger partial charge in [-0.2, -0.15) is 0 Å². The molecule has 0 aliphatic heterocycles. The highest BCUT2D eigenvalue weighted by molar-refractivity contribution is 7.18. The Bertz CT molecular complexity index is 1030. The first-order chi connectivity index (χ1) is 15.5. The van der Waals surface area contributed by atoms with Crippen LogP contribution in [0.5, 0.6) is 5.75 Å². The number of rotatable bonds is 10. The van der Waals surface area contributed by atoms with Crippen LogP contribution in [0.15, 0.2) is 48.5 Å². The first-order valence-electron chi connectivity index (χ1n) is 10.6. The van der Waals surface area contributed by atoms with Crippen LogP contribution in [0.1, 0.15) is 42.1 Å². The van der Waals surface area contributed by atoms with E-state index in [-0.39, 0.29) is 18.2 Å². The SMILES string of the molecule is CCCCN(CCC(=O)Nc1nnc(-c2ccc(OC)cc2)s1)C(=O)c1ccc(C)cc1. The number of nitrogens with zero attached hydrogens (tertiary/aromatic N) is 3. The molecule has 0 aliphatic rings. The Balaban J connectivity index is 1.58. The number of unbranched alkanes of at least 4 members (excludes halogenated alkanes) is 1. The van der Waals surface area contributed by atoms with Gasteiger partial charge < -0.3 is 15.0 Å². The van der Waals surface area contributed by atoms with Gasteiger partial charge in [-0.1, -0.05) is 42.4 Å². The Hall–Kier alpha value is -3.26. The lowest BCUT2D eigenvalue weighted by molar-refractivity contribution is -0.116. The number of benzene rings is 2. The zero-order valence-electron chi connectivity index (χ0n) is 18.6. The molecular formula is C24H28N4O3S. The van der Waals surface area contributed by atoms with Gasteiger partial charge in [0.1, 0.15) is 10.8 Å². The average molecular weight is 453 g/mol. The third kappa shape index (κ3) is 6.37. The first-order valence-corrected chi connectivity index (χ1v) is 11.5. The molecule has 0 bridgehead atoms. The lowest BCUT2D eigenvalue weighted by Crippen LogP contribution is -2.34. The van der Waals surface area contributed by atoms with E-state index in [0.717, 1.165) is 29.7 Å². The predicted octanol–water partition coefficient (Wildman–Crippen LogP) is 4.79. The Labute approximate surface area is 192 Å². The maximum Gasteiger partial charge on any atom is 0.253 e. The van der Waals surface area contributed by atoms with Gasteiger partial charge in [-0.25, -0.2) is 0 Å². The van der Waals surface area contributed by atoms with Crippen LogP contribution in [0.25, 0.3) is 10.6 Å². The summed E-state index contributed by atoms with van der Waals surface area (Å²) in [5.74, 6) is 0.518. The largest absolute Gasteiger partial charge is 0.497 e. The molecule has 1 heterocycles. The molecular weight excluding hydrogens is 424 g/mol. The van der Waals surface area contributed by atoms with Crippen molar-refractivity contribution in [3.05, 3.63) is 59.7 Å². The van der Waals surface area contributed by atoms with Crippen LogP contribution in [0.3, 0.4) is 0 Å². The highest BCUT2D eigenvalue weighted by atomic mass is 32.1. The molecule has 0 saturated carbocycles. The Morgan fingerprint density at radius 2 is 1.75 bits per heavy atom. The first kappa shape index (κ1) is 23.4. The van der Waals surface area contributed by atoms with E-state index < -0.39 is 0 Å². The molecule has 2 amide bonds. The third-order valence-electron chi connectivity index (χ3n) is 4.98. The Morgan fingerprint density at radius 3 is 2.41 bits per heavy atom. The molecule has 0 fully saturated rings. The second-order valence-corrected chi connectivity index (χ2v) is 8.43. The fourth-order valence-electron chi connectivity index (χ4n) is 3.08. The smallest absolute Gasteiger partial charge is 0.253 e. The molecule has 7 nitrogen and oxygen atoms in total. The monoisotopic (exact) mass is 452 g/mol. The summed E-state index contributed by atoms with van der Waals surface area (Å²) < 4.78 is 5.17. The van der Waals surface area contributed by atoms with Crippen LogP contribution in [0, 0.1) is 6.92 Å². The van der Waals surface area contributed by atoms with Crippen LogP contribution in [-0.2, 0) is 4.79 Å². The van der Waals surface area contributed by atoms with Crippen molar-refractivity contribution in [3.8, 4) is 16.3 Å². The summed E-state index contributed by atoms with van der Waals surface area (Å²) in [6, 6.07) is 15.0. The number of carbonyl (C=O) groups is 2.